The molecule has 0 heterocycles. The van der Waals surface area contributed by atoms with Crippen LogP contribution >= 0.6 is 11.6 Å². The van der Waals surface area contributed by atoms with Gasteiger partial charge in [-0.3, -0.25) is 4.79 Å². The minimum atomic E-state index is -1.40. The van der Waals surface area contributed by atoms with Gasteiger partial charge in [0.1, 0.15) is 11.6 Å². The molecule has 1 amide bonds. The maximum Gasteiger partial charge on any atom is 0.337 e. The van der Waals surface area contributed by atoms with Crippen LogP contribution in [-0.2, 0) is 0 Å². The van der Waals surface area contributed by atoms with Crippen LogP contribution in [0.15, 0.2) is 36.4 Å². The van der Waals surface area contributed by atoms with E-state index in [0.29, 0.717) is 0 Å². The van der Waals surface area contributed by atoms with Crippen molar-refractivity contribution in [3.63, 3.8) is 0 Å². The summed E-state index contributed by atoms with van der Waals surface area (Å²) in [5.74, 6) is -3.66. The Kier molecular flexibility index (Phi) is 4.18. The molecule has 7 heteroatoms. The summed E-state index contributed by atoms with van der Waals surface area (Å²) in [5.41, 5.74) is -0.542. The fourth-order valence-electron chi connectivity index (χ4n) is 1.63. The zero-order valence-electron chi connectivity index (χ0n) is 10.4. The molecule has 2 aromatic rings. The van der Waals surface area contributed by atoms with Crippen molar-refractivity contribution in [2.24, 2.45) is 0 Å². The molecule has 2 N–H and O–H groups in total. The Labute approximate surface area is 123 Å². The van der Waals surface area contributed by atoms with Crippen LogP contribution in [0, 0.1) is 11.6 Å². The van der Waals surface area contributed by atoms with E-state index in [4.69, 9.17) is 16.7 Å². The molecule has 0 saturated carbocycles. The van der Waals surface area contributed by atoms with Gasteiger partial charge in [-0.15, -0.1) is 0 Å². The molecule has 2 rings (SSSR count). The van der Waals surface area contributed by atoms with Gasteiger partial charge in [-0.2, -0.15) is 0 Å². The molecular formula is C14H8ClF2NO3. The van der Waals surface area contributed by atoms with Crippen LogP contribution in [0.25, 0.3) is 0 Å². The molecule has 0 aliphatic rings. The Morgan fingerprint density at radius 2 is 1.81 bits per heavy atom. The van der Waals surface area contributed by atoms with Gasteiger partial charge >= 0.3 is 5.97 Å². The van der Waals surface area contributed by atoms with Gasteiger partial charge in [-0.1, -0.05) is 11.6 Å². The Morgan fingerprint density at radius 1 is 1.10 bits per heavy atom. The molecule has 0 aliphatic carbocycles. The molecule has 0 radical (unpaired) electrons. The third kappa shape index (κ3) is 3.35. The molecule has 0 bridgehead atoms. The second-order valence-corrected chi connectivity index (χ2v) is 4.49. The predicted octanol–water partition coefficient (Wildman–Crippen LogP) is 3.57. The summed E-state index contributed by atoms with van der Waals surface area (Å²) in [4.78, 5) is 22.9. The van der Waals surface area contributed by atoms with Gasteiger partial charge < -0.3 is 10.4 Å². The van der Waals surface area contributed by atoms with Crippen molar-refractivity contribution in [1.82, 2.24) is 0 Å². The normalized spacial score (nSPS) is 10.2. The monoisotopic (exact) mass is 311 g/mol. The lowest BCUT2D eigenvalue weighted by molar-refractivity contribution is 0.0697. The van der Waals surface area contributed by atoms with Crippen molar-refractivity contribution in [2.45, 2.75) is 0 Å². The zero-order valence-corrected chi connectivity index (χ0v) is 11.1. The molecule has 0 aliphatic heterocycles. The number of rotatable bonds is 3. The van der Waals surface area contributed by atoms with E-state index in [9.17, 15) is 18.4 Å². The highest BCUT2D eigenvalue weighted by atomic mass is 35.5. The van der Waals surface area contributed by atoms with Gasteiger partial charge in [0.2, 0.25) is 0 Å². The number of carboxylic acids is 1. The van der Waals surface area contributed by atoms with Gasteiger partial charge in [0.15, 0.2) is 0 Å². The average Bonchev–Trinajstić information content (AvgIpc) is 2.43. The minimum Gasteiger partial charge on any atom is -0.478 e. The molecule has 21 heavy (non-hydrogen) atoms. The maximum absolute atomic E-state index is 13.3. The molecule has 0 fully saturated rings. The van der Waals surface area contributed by atoms with Crippen molar-refractivity contribution < 1.29 is 23.5 Å². The SMILES string of the molecule is O=C(Nc1ccc(F)cc1C(=O)O)c1ccc(Cl)c(F)c1. The number of carbonyl (C=O) groups is 2. The maximum atomic E-state index is 13.3. The third-order valence-electron chi connectivity index (χ3n) is 2.64. The van der Waals surface area contributed by atoms with Crippen molar-refractivity contribution in [2.75, 3.05) is 5.32 Å². The number of hydrogen-bond acceptors (Lipinski definition) is 2. The van der Waals surface area contributed by atoms with E-state index in [1.54, 1.807) is 0 Å². The van der Waals surface area contributed by atoms with Gasteiger partial charge in [0.05, 0.1) is 16.3 Å². The van der Waals surface area contributed by atoms with Gasteiger partial charge in [0, 0.05) is 5.56 Å². The number of anilines is 1. The largest absolute Gasteiger partial charge is 0.478 e. The Hall–Kier alpha value is -2.47. The second-order valence-electron chi connectivity index (χ2n) is 4.08. The van der Waals surface area contributed by atoms with Crippen molar-refractivity contribution in [1.29, 1.82) is 0 Å². The molecule has 108 valence electrons. The first-order valence-corrected chi connectivity index (χ1v) is 6.05. The summed E-state index contributed by atoms with van der Waals surface area (Å²) in [6.07, 6.45) is 0. The van der Waals surface area contributed by atoms with E-state index in [0.717, 1.165) is 24.3 Å². The number of nitrogens with one attached hydrogen (secondary N) is 1. The van der Waals surface area contributed by atoms with Crippen LogP contribution in [0.4, 0.5) is 14.5 Å². The van der Waals surface area contributed by atoms with Crippen molar-refractivity contribution in [3.05, 3.63) is 64.2 Å². The van der Waals surface area contributed by atoms with E-state index in [2.05, 4.69) is 5.32 Å². The Balaban J connectivity index is 2.31. The van der Waals surface area contributed by atoms with Gasteiger partial charge in [0.25, 0.3) is 5.91 Å². The highest BCUT2D eigenvalue weighted by Crippen LogP contribution is 2.20. The third-order valence-corrected chi connectivity index (χ3v) is 2.95. The van der Waals surface area contributed by atoms with Crippen LogP contribution in [-0.4, -0.2) is 17.0 Å². The average molecular weight is 312 g/mol. The number of carboxylic acid groups (broad SMARTS) is 1. The van der Waals surface area contributed by atoms with Crippen LogP contribution < -0.4 is 5.32 Å². The van der Waals surface area contributed by atoms with Gasteiger partial charge in [-0.25, -0.2) is 13.6 Å². The standard InChI is InChI=1S/C14H8ClF2NO3/c15-10-3-1-7(5-11(10)17)13(19)18-12-4-2-8(16)6-9(12)14(20)21/h1-6H,(H,18,19)(H,20,21). The van der Waals surface area contributed by atoms with Crippen LogP contribution in [0.2, 0.25) is 5.02 Å². The first-order valence-electron chi connectivity index (χ1n) is 5.67. The summed E-state index contributed by atoms with van der Waals surface area (Å²) in [5, 5.41) is 11.1. The smallest absolute Gasteiger partial charge is 0.337 e. The number of halogens is 3. The van der Waals surface area contributed by atoms with E-state index >= 15 is 0 Å². The highest BCUT2D eigenvalue weighted by Gasteiger charge is 2.15. The first-order chi connectivity index (χ1) is 9.88. The molecule has 0 spiro atoms. The molecular weight excluding hydrogens is 304 g/mol. The quantitative estimate of drug-likeness (QED) is 0.910. The van der Waals surface area contributed by atoms with Crippen LogP contribution in [0.5, 0.6) is 0 Å². The van der Waals surface area contributed by atoms with E-state index in [1.165, 1.54) is 12.1 Å². The second kappa shape index (κ2) is 5.88. The topological polar surface area (TPSA) is 66.4 Å². The highest BCUT2D eigenvalue weighted by molar-refractivity contribution is 6.30. The first kappa shape index (κ1) is 14.9. The minimum absolute atomic E-state index is 0.0439. The summed E-state index contributed by atoms with van der Waals surface area (Å²) in [6.45, 7) is 0. The fraction of sp³-hybridized carbons (Fsp3) is 0. The molecule has 0 saturated heterocycles. The van der Waals surface area contributed by atoms with Gasteiger partial charge in [-0.05, 0) is 36.4 Å². The lowest BCUT2D eigenvalue weighted by Gasteiger charge is -2.09. The number of hydrogen-bond donors (Lipinski definition) is 2. The summed E-state index contributed by atoms with van der Waals surface area (Å²) in [7, 11) is 0. The lowest BCUT2D eigenvalue weighted by Crippen LogP contribution is -2.15. The van der Waals surface area contributed by atoms with E-state index < -0.39 is 29.1 Å². The van der Waals surface area contributed by atoms with Crippen LogP contribution in [0.3, 0.4) is 0 Å². The molecule has 2 aromatic carbocycles. The Bertz CT molecular complexity index is 734. The zero-order chi connectivity index (χ0) is 15.6. The molecule has 0 aromatic heterocycles. The van der Waals surface area contributed by atoms with E-state index in [1.807, 2.05) is 0 Å². The molecule has 0 atom stereocenters. The van der Waals surface area contributed by atoms with E-state index in [-0.39, 0.29) is 16.3 Å². The summed E-state index contributed by atoms with van der Waals surface area (Å²) in [6, 6.07) is 6.30. The number of aromatic carboxylic acids is 1. The summed E-state index contributed by atoms with van der Waals surface area (Å²) >= 11 is 5.50. The number of carbonyl (C=O) groups excluding carboxylic acids is 1. The molecule has 0 unspecified atom stereocenters. The number of amides is 1. The van der Waals surface area contributed by atoms with Crippen LogP contribution in [0.1, 0.15) is 20.7 Å². The fourth-order valence-corrected chi connectivity index (χ4v) is 1.75. The predicted molar refractivity (Wildman–Crippen MR) is 72.7 cm³/mol. The molecule has 4 nitrogen and oxygen atoms in total. The van der Waals surface area contributed by atoms with Crippen molar-refractivity contribution in [3.8, 4) is 0 Å². The lowest BCUT2D eigenvalue weighted by atomic mass is 10.1. The summed E-state index contributed by atoms with van der Waals surface area (Å²) < 4.78 is 26.3. The number of benzene rings is 2. The Morgan fingerprint density at radius 3 is 2.43 bits per heavy atom. The van der Waals surface area contributed by atoms with Crippen molar-refractivity contribution >= 4 is 29.2 Å².